The highest BCUT2D eigenvalue weighted by Gasteiger charge is 2.21. The number of hydrogen-bond donors (Lipinski definition) is 3. The number of nitro benzene ring substituents is 1. The first-order chi connectivity index (χ1) is 12.8. The summed E-state index contributed by atoms with van der Waals surface area (Å²) in [5, 5.41) is 22.7. The van der Waals surface area contributed by atoms with Gasteiger partial charge in [0.05, 0.1) is 9.82 Å². The quantitative estimate of drug-likeness (QED) is 0.312. The van der Waals surface area contributed by atoms with E-state index >= 15 is 0 Å². The van der Waals surface area contributed by atoms with Crippen LogP contribution in [-0.2, 0) is 10.0 Å². The molecule has 1 atom stereocenters. The summed E-state index contributed by atoms with van der Waals surface area (Å²) >= 11 is 1.64. The first-order valence-corrected chi connectivity index (χ1v) is 10.7. The Bertz CT molecular complexity index is 876. The number of anilines is 1. The van der Waals surface area contributed by atoms with Crippen LogP contribution in [0.3, 0.4) is 0 Å². The van der Waals surface area contributed by atoms with Crippen molar-refractivity contribution < 1.29 is 13.3 Å². The fourth-order valence-electron chi connectivity index (χ4n) is 2.41. The van der Waals surface area contributed by atoms with E-state index in [4.69, 9.17) is 5.14 Å². The third kappa shape index (κ3) is 6.51. The van der Waals surface area contributed by atoms with Gasteiger partial charge in [0.25, 0.3) is 5.69 Å². The minimum Gasteiger partial charge on any atom is -0.376 e. The molecule has 146 valence electrons. The minimum absolute atomic E-state index is 0.0540. The molecule has 0 spiro atoms. The Morgan fingerprint density at radius 2 is 1.93 bits per heavy atom. The first kappa shape index (κ1) is 21.2. The number of nitrogens with two attached hydrogens (primary N) is 1. The summed E-state index contributed by atoms with van der Waals surface area (Å²) in [5.41, 5.74) is -0.0529. The van der Waals surface area contributed by atoms with Crippen molar-refractivity contribution >= 4 is 33.2 Å². The molecule has 2 rings (SSSR count). The monoisotopic (exact) mass is 410 g/mol. The van der Waals surface area contributed by atoms with Crippen LogP contribution >= 0.6 is 11.8 Å². The number of primary sulfonamides is 1. The zero-order valence-electron chi connectivity index (χ0n) is 14.8. The molecule has 0 aromatic heterocycles. The standard InChI is InChI=1S/C17H22N4O4S2/c1-19-10-9-13(12-26-14-5-3-2-4-6-14)20-16-8-7-15(27(18,24)25)11-17(16)21(22)23/h2-8,11,13,19-20H,9-10,12H2,1H3,(H2,18,24,25). The normalized spacial score (nSPS) is 12.5. The minimum atomic E-state index is -4.01. The smallest absolute Gasteiger partial charge is 0.293 e. The lowest BCUT2D eigenvalue weighted by Gasteiger charge is -2.20. The van der Waals surface area contributed by atoms with Gasteiger partial charge in [0.15, 0.2) is 0 Å². The van der Waals surface area contributed by atoms with E-state index in [0.29, 0.717) is 5.75 Å². The molecular weight excluding hydrogens is 388 g/mol. The molecule has 27 heavy (non-hydrogen) atoms. The largest absolute Gasteiger partial charge is 0.376 e. The maximum atomic E-state index is 11.5. The van der Waals surface area contributed by atoms with Crippen LogP contribution in [0.15, 0.2) is 58.3 Å². The fraction of sp³-hybridized carbons (Fsp3) is 0.294. The Morgan fingerprint density at radius 3 is 2.52 bits per heavy atom. The molecule has 0 aliphatic heterocycles. The molecule has 0 amide bonds. The second-order valence-electron chi connectivity index (χ2n) is 5.84. The van der Waals surface area contributed by atoms with Gasteiger partial charge < -0.3 is 10.6 Å². The summed E-state index contributed by atoms with van der Waals surface area (Å²) in [7, 11) is -2.17. The van der Waals surface area contributed by atoms with Gasteiger partial charge in [-0.2, -0.15) is 0 Å². The second kappa shape index (κ2) is 9.70. The summed E-state index contributed by atoms with van der Waals surface area (Å²) in [6.07, 6.45) is 0.741. The Hall–Kier alpha value is -2.14. The number of sulfonamides is 1. The highest BCUT2D eigenvalue weighted by Crippen LogP contribution is 2.29. The molecule has 0 aliphatic carbocycles. The molecule has 0 fully saturated rings. The average molecular weight is 411 g/mol. The van der Waals surface area contributed by atoms with Gasteiger partial charge in [-0.3, -0.25) is 10.1 Å². The number of nitrogens with one attached hydrogen (secondary N) is 2. The van der Waals surface area contributed by atoms with Crippen molar-refractivity contribution in [3.8, 4) is 0 Å². The van der Waals surface area contributed by atoms with Crippen molar-refractivity contribution in [2.45, 2.75) is 22.3 Å². The molecule has 0 saturated carbocycles. The van der Waals surface area contributed by atoms with Gasteiger partial charge in [0.1, 0.15) is 5.69 Å². The van der Waals surface area contributed by atoms with E-state index in [9.17, 15) is 18.5 Å². The van der Waals surface area contributed by atoms with E-state index in [0.717, 1.165) is 23.9 Å². The molecule has 4 N–H and O–H groups in total. The van der Waals surface area contributed by atoms with Crippen LogP contribution in [0.4, 0.5) is 11.4 Å². The summed E-state index contributed by atoms with van der Waals surface area (Å²) in [4.78, 5) is 11.6. The number of benzene rings is 2. The molecule has 0 heterocycles. The van der Waals surface area contributed by atoms with Crippen LogP contribution in [0, 0.1) is 10.1 Å². The van der Waals surface area contributed by atoms with Crippen LogP contribution in [0.1, 0.15) is 6.42 Å². The summed E-state index contributed by atoms with van der Waals surface area (Å²) in [6, 6.07) is 13.4. The van der Waals surface area contributed by atoms with Crippen LogP contribution in [0.5, 0.6) is 0 Å². The van der Waals surface area contributed by atoms with Crippen LogP contribution in [0.25, 0.3) is 0 Å². The predicted molar refractivity (Wildman–Crippen MR) is 108 cm³/mol. The zero-order valence-corrected chi connectivity index (χ0v) is 16.4. The molecule has 0 bridgehead atoms. The molecular formula is C17H22N4O4S2. The van der Waals surface area contributed by atoms with Gasteiger partial charge in [-0.25, -0.2) is 13.6 Å². The molecule has 0 radical (unpaired) electrons. The van der Waals surface area contributed by atoms with Crippen molar-refractivity contribution in [1.82, 2.24) is 5.32 Å². The van der Waals surface area contributed by atoms with Crippen LogP contribution < -0.4 is 15.8 Å². The van der Waals surface area contributed by atoms with Crippen molar-refractivity contribution in [3.63, 3.8) is 0 Å². The van der Waals surface area contributed by atoms with E-state index < -0.39 is 14.9 Å². The summed E-state index contributed by atoms with van der Waals surface area (Å²) < 4.78 is 22.9. The molecule has 2 aromatic rings. The predicted octanol–water partition coefficient (Wildman–Crippen LogP) is 2.42. The Labute approximate surface area is 162 Å². The van der Waals surface area contributed by atoms with Gasteiger partial charge >= 0.3 is 0 Å². The highest BCUT2D eigenvalue weighted by atomic mass is 32.2. The van der Waals surface area contributed by atoms with Crippen molar-refractivity contribution in [3.05, 3.63) is 58.6 Å². The van der Waals surface area contributed by atoms with Crippen molar-refractivity contribution in [1.29, 1.82) is 0 Å². The van der Waals surface area contributed by atoms with Gasteiger partial charge in [0, 0.05) is 22.8 Å². The number of rotatable bonds is 10. The Kier molecular flexibility index (Phi) is 7.60. The van der Waals surface area contributed by atoms with Gasteiger partial charge in [-0.15, -0.1) is 11.8 Å². The van der Waals surface area contributed by atoms with Crippen LogP contribution in [-0.4, -0.2) is 38.7 Å². The maximum absolute atomic E-state index is 11.5. The van der Waals surface area contributed by atoms with Gasteiger partial charge in [-0.1, -0.05) is 18.2 Å². The lowest BCUT2D eigenvalue weighted by molar-refractivity contribution is -0.384. The third-order valence-corrected chi connectivity index (χ3v) is 5.88. The van der Waals surface area contributed by atoms with Gasteiger partial charge in [-0.05, 0) is 44.3 Å². The number of hydrogen-bond acceptors (Lipinski definition) is 7. The van der Waals surface area contributed by atoms with Gasteiger partial charge in [0.2, 0.25) is 10.0 Å². The molecule has 2 aromatic carbocycles. The van der Waals surface area contributed by atoms with E-state index in [1.54, 1.807) is 11.8 Å². The second-order valence-corrected chi connectivity index (χ2v) is 8.49. The number of thioether (sulfide) groups is 1. The van der Waals surface area contributed by atoms with Crippen LogP contribution in [0.2, 0.25) is 0 Å². The first-order valence-electron chi connectivity index (χ1n) is 8.21. The zero-order chi connectivity index (χ0) is 19.9. The highest BCUT2D eigenvalue weighted by molar-refractivity contribution is 7.99. The van der Waals surface area contributed by atoms with E-state index in [-0.39, 0.29) is 22.3 Å². The fourth-order valence-corrected chi connectivity index (χ4v) is 3.94. The lowest BCUT2D eigenvalue weighted by atomic mass is 10.2. The summed E-state index contributed by atoms with van der Waals surface area (Å²) in [5.74, 6) is 0.694. The third-order valence-electron chi connectivity index (χ3n) is 3.79. The summed E-state index contributed by atoms with van der Waals surface area (Å²) in [6.45, 7) is 0.732. The van der Waals surface area contributed by atoms with Crippen molar-refractivity contribution in [2.75, 3.05) is 24.7 Å². The lowest BCUT2D eigenvalue weighted by Crippen LogP contribution is -2.27. The van der Waals surface area contributed by atoms with E-state index in [1.807, 2.05) is 37.4 Å². The molecule has 10 heteroatoms. The molecule has 0 aliphatic rings. The molecule has 0 saturated heterocycles. The SMILES string of the molecule is CNCCC(CSc1ccccc1)Nc1ccc(S(N)(=O)=O)cc1[N+](=O)[O-]. The Balaban J connectivity index is 2.21. The average Bonchev–Trinajstić information content (AvgIpc) is 2.64. The molecule has 1 unspecified atom stereocenters. The topological polar surface area (TPSA) is 127 Å². The number of nitro groups is 1. The van der Waals surface area contributed by atoms with Crippen molar-refractivity contribution in [2.24, 2.45) is 5.14 Å². The Morgan fingerprint density at radius 1 is 1.22 bits per heavy atom. The number of nitrogens with zero attached hydrogens (tertiary/aromatic N) is 1. The molecule has 8 nitrogen and oxygen atoms in total. The van der Waals surface area contributed by atoms with E-state index in [1.165, 1.54) is 12.1 Å². The maximum Gasteiger partial charge on any atom is 0.293 e. The van der Waals surface area contributed by atoms with E-state index in [2.05, 4.69) is 10.6 Å².